The first kappa shape index (κ1) is 13.8. The molecule has 1 aliphatic rings. The Morgan fingerprint density at radius 3 is 2.94 bits per heavy atom. The number of nitrogens with zero attached hydrogens (tertiary/aromatic N) is 3. The Morgan fingerprint density at radius 2 is 2.28 bits per heavy atom. The lowest BCUT2D eigenvalue weighted by Gasteiger charge is -2.24. The third kappa shape index (κ3) is 2.71. The predicted molar refractivity (Wildman–Crippen MR) is 75.0 cm³/mol. The number of rotatable bonds is 5. The van der Waals surface area contributed by atoms with Crippen LogP contribution >= 0.6 is 11.6 Å². The molecule has 1 saturated heterocycles. The monoisotopic (exact) mass is 270 g/mol. The highest BCUT2D eigenvalue weighted by atomic mass is 35.5. The largest absolute Gasteiger partial charge is 0.318 e. The van der Waals surface area contributed by atoms with Crippen LogP contribution in [-0.4, -0.2) is 40.9 Å². The summed E-state index contributed by atoms with van der Waals surface area (Å²) in [4.78, 5) is 2.52. The second kappa shape index (κ2) is 6.04. The molecule has 0 amide bonds. The van der Waals surface area contributed by atoms with Crippen LogP contribution in [0.2, 0.25) is 5.02 Å². The molecule has 1 unspecified atom stereocenters. The summed E-state index contributed by atoms with van der Waals surface area (Å²) < 4.78 is 2.03. The van der Waals surface area contributed by atoms with Crippen molar-refractivity contribution in [3.05, 3.63) is 16.4 Å². The molecule has 2 rings (SSSR count). The summed E-state index contributed by atoms with van der Waals surface area (Å²) >= 11 is 6.37. The molecular formula is C13H23ClN4. The fraction of sp³-hybridized carbons (Fsp3) is 0.769. The average Bonchev–Trinajstić information content (AvgIpc) is 2.90. The van der Waals surface area contributed by atoms with E-state index in [1.807, 2.05) is 18.7 Å². The zero-order chi connectivity index (χ0) is 13.1. The summed E-state index contributed by atoms with van der Waals surface area (Å²) in [7, 11) is 2.02. The van der Waals surface area contributed by atoms with Crippen molar-refractivity contribution in [3.8, 4) is 0 Å². The van der Waals surface area contributed by atoms with Crippen molar-refractivity contribution in [3.63, 3.8) is 0 Å². The molecule has 0 saturated carbocycles. The molecule has 0 bridgehead atoms. The maximum atomic E-state index is 6.37. The zero-order valence-corrected chi connectivity index (χ0v) is 12.3. The summed E-state index contributed by atoms with van der Waals surface area (Å²) in [5, 5.41) is 8.60. The van der Waals surface area contributed by atoms with Crippen LogP contribution in [0.4, 0.5) is 0 Å². The second-order valence-corrected chi connectivity index (χ2v) is 5.36. The molecule has 2 heterocycles. The molecule has 0 aromatic carbocycles. The van der Waals surface area contributed by atoms with Crippen LogP contribution < -0.4 is 5.32 Å². The van der Waals surface area contributed by atoms with Gasteiger partial charge >= 0.3 is 0 Å². The number of hydrogen-bond acceptors (Lipinski definition) is 3. The number of aryl methyl sites for hydroxylation is 2. The van der Waals surface area contributed by atoms with Gasteiger partial charge in [0.15, 0.2) is 0 Å². The summed E-state index contributed by atoms with van der Waals surface area (Å²) in [6.07, 6.45) is 2.56. The van der Waals surface area contributed by atoms with E-state index in [4.69, 9.17) is 11.6 Å². The number of likely N-dealkylation sites (tertiary alicyclic amines) is 1. The number of nitrogens with one attached hydrogen (secondary N) is 1. The minimum absolute atomic E-state index is 0.631. The quantitative estimate of drug-likeness (QED) is 0.889. The third-order valence-electron chi connectivity index (χ3n) is 3.74. The Kier molecular flexibility index (Phi) is 4.65. The van der Waals surface area contributed by atoms with Gasteiger partial charge in [-0.25, -0.2) is 0 Å². The van der Waals surface area contributed by atoms with Crippen LogP contribution in [0.15, 0.2) is 0 Å². The van der Waals surface area contributed by atoms with E-state index in [1.165, 1.54) is 18.5 Å². The van der Waals surface area contributed by atoms with E-state index >= 15 is 0 Å². The van der Waals surface area contributed by atoms with Crippen LogP contribution in [0.1, 0.15) is 31.2 Å². The molecule has 1 aromatic rings. The minimum Gasteiger partial charge on any atom is -0.318 e. The highest BCUT2D eigenvalue weighted by Gasteiger charge is 2.26. The van der Waals surface area contributed by atoms with Crippen LogP contribution in [0.5, 0.6) is 0 Å². The molecular weight excluding hydrogens is 248 g/mol. The Balaban J connectivity index is 2.13. The predicted octanol–water partition coefficient (Wildman–Crippen LogP) is 2.05. The summed E-state index contributed by atoms with van der Waals surface area (Å²) in [5.41, 5.74) is 2.11. The number of likely N-dealkylation sites (N-methyl/N-ethyl adjacent to an activating group) is 1. The lowest BCUT2D eigenvalue weighted by molar-refractivity contribution is 0.235. The van der Waals surface area contributed by atoms with E-state index in [0.717, 1.165) is 36.9 Å². The van der Waals surface area contributed by atoms with Gasteiger partial charge in [0.05, 0.1) is 16.4 Å². The highest BCUT2D eigenvalue weighted by molar-refractivity contribution is 6.31. The van der Waals surface area contributed by atoms with Gasteiger partial charge in [0.2, 0.25) is 0 Å². The van der Waals surface area contributed by atoms with Gasteiger partial charge in [-0.2, -0.15) is 5.10 Å². The molecule has 0 aliphatic carbocycles. The molecule has 1 atom stereocenters. The number of hydrogen-bond donors (Lipinski definition) is 1. The van der Waals surface area contributed by atoms with Crippen molar-refractivity contribution in [1.82, 2.24) is 20.0 Å². The van der Waals surface area contributed by atoms with Gasteiger partial charge in [0, 0.05) is 25.7 Å². The van der Waals surface area contributed by atoms with Crippen molar-refractivity contribution < 1.29 is 0 Å². The van der Waals surface area contributed by atoms with Crippen LogP contribution in [0, 0.1) is 6.92 Å². The Bertz CT molecular complexity index is 402. The zero-order valence-electron chi connectivity index (χ0n) is 11.5. The molecule has 1 aromatic heterocycles. The van der Waals surface area contributed by atoms with E-state index in [9.17, 15) is 0 Å². The van der Waals surface area contributed by atoms with Gasteiger partial charge in [0.25, 0.3) is 0 Å². The highest BCUT2D eigenvalue weighted by Crippen LogP contribution is 2.25. The Morgan fingerprint density at radius 1 is 1.50 bits per heavy atom. The molecule has 102 valence electrons. The van der Waals surface area contributed by atoms with Crippen LogP contribution in [-0.2, 0) is 13.1 Å². The fourth-order valence-electron chi connectivity index (χ4n) is 2.78. The van der Waals surface area contributed by atoms with Gasteiger partial charge < -0.3 is 5.32 Å². The van der Waals surface area contributed by atoms with Crippen molar-refractivity contribution in [2.45, 2.75) is 45.8 Å². The molecule has 1 N–H and O–H groups in total. The lowest BCUT2D eigenvalue weighted by atomic mass is 10.2. The third-order valence-corrected chi connectivity index (χ3v) is 4.24. The second-order valence-electron chi connectivity index (χ2n) is 4.99. The summed E-state index contributed by atoms with van der Waals surface area (Å²) in [6, 6.07) is 0.631. The lowest BCUT2D eigenvalue weighted by Crippen LogP contribution is -2.36. The number of halogens is 1. The summed E-state index contributed by atoms with van der Waals surface area (Å²) in [6.45, 7) is 8.11. The van der Waals surface area contributed by atoms with Crippen molar-refractivity contribution in [2.75, 3.05) is 20.1 Å². The number of aromatic nitrogens is 2. The van der Waals surface area contributed by atoms with Gasteiger partial charge in [-0.05, 0) is 40.3 Å². The maximum Gasteiger partial charge on any atom is 0.0860 e. The molecule has 1 aliphatic heterocycles. The first-order valence-electron chi connectivity index (χ1n) is 6.77. The van der Waals surface area contributed by atoms with Crippen LogP contribution in [0.3, 0.4) is 0 Å². The minimum atomic E-state index is 0.631. The van der Waals surface area contributed by atoms with Crippen molar-refractivity contribution in [1.29, 1.82) is 0 Å². The van der Waals surface area contributed by atoms with Gasteiger partial charge in [-0.1, -0.05) is 11.6 Å². The maximum absolute atomic E-state index is 6.37. The van der Waals surface area contributed by atoms with Gasteiger partial charge in [-0.3, -0.25) is 9.58 Å². The van der Waals surface area contributed by atoms with Gasteiger partial charge in [0.1, 0.15) is 0 Å². The van der Waals surface area contributed by atoms with Crippen molar-refractivity contribution >= 4 is 11.6 Å². The SMILES string of the molecule is CCn1nc(C)c(Cl)c1CN1CCCC1CNC. The average molecular weight is 271 g/mol. The van der Waals surface area contributed by atoms with Crippen LogP contribution in [0.25, 0.3) is 0 Å². The molecule has 5 heteroatoms. The van der Waals surface area contributed by atoms with Crippen molar-refractivity contribution in [2.24, 2.45) is 0 Å². The first-order valence-corrected chi connectivity index (χ1v) is 7.15. The molecule has 0 radical (unpaired) electrons. The van der Waals surface area contributed by atoms with Gasteiger partial charge in [-0.15, -0.1) is 0 Å². The van der Waals surface area contributed by atoms with E-state index in [1.54, 1.807) is 0 Å². The molecule has 4 nitrogen and oxygen atoms in total. The molecule has 0 spiro atoms. The topological polar surface area (TPSA) is 33.1 Å². The van der Waals surface area contributed by atoms with E-state index < -0.39 is 0 Å². The Labute approximate surface area is 114 Å². The van der Waals surface area contributed by atoms with E-state index in [2.05, 4.69) is 22.2 Å². The van der Waals surface area contributed by atoms with E-state index in [-0.39, 0.29) is 0 Å². The summed E-state index contributed by atoms with van der Waals surface area (Å²) in [5.74, 6) is 0. The normalized spacial score (nSPS) is 20.8. The Hall–Kier alpha value is -0.580. The molecule has 1 fully saturated rings. The van der Waals surface area contributed by atoms with E-state index in [0.29, 0.717) is 6.04 Å². The molecule has 18 heavy (non-hydrogen) atoms. The standard InChI is InChI=1S/C13H23ClN4/c1-4-18-12(13(14)10(2)16-18)9-17-7-5-6-11(17)8-15-3/h11,15H,4-9H2,1-3H3. The fourth-order valence-corrected chi connectivity index (χ4v) is 2.98. The smallest absolute Gasteiger partial charge is 0.0860 e. The first-order chi connectivity index (χ1) is 8.67.